The summed E-state index contributed by atoms with van der Waals surface area (Å²) in [6.07, 6.45) is -4.95. The first-order chi connectivity index (χ1) is 13.9. The van der Waals surface area contributed by atoms with Gasteiger partial charge in [0.05, 0.1) is 17.4 Å². The molecule has 0 fully saturated rings. The van der Waals surface area contributed by atoms with Crippen molar-refractivity contribution in [3.05, 3.63) is 59.2 Å². The maximum atomic E-state index is 13.9. The fourth-order valence-electron chi connectivity index (χ4n) is 2.88. The molecule has 0 amide bonds. The number of nitrogens with zero attached hydrogens (tertiary/aromatic N) is 2. The van der Waals surface area contributed by atoms with Crippen molar-refractivity contribution < 1.29 is 31.5 Å². The summed E-state index contributed by atoms with van der Waals surface area (Å²) in [5, 5.41) is 20.2. The Kier molecular flexibility index (Phi) is 5.63. The van der Waals surface area contributed by atoms with Crippen molar-refractivity contribution in [2.75, 3.05) is 0 Å². The molecule has 0 saturated carbocycles. The van der Waals surface area contributed by atoms with Crippen LogP contribution in [0.5, 0.6) is 0 Å². The van der Waals surface area contributed by atoms with Crippen LogP contribution < -0.4 is 10.2 Å². The van der Waals surface area contributed by atoms with E-state index < -0.39 is 34.4 Å². The molecule has 0 aliphatic heterocycles. The molecule has 3 rings (SSSR count). The smallest absolute Gasteiger partial charge is 0.433 e. The minimum atomic E-state index is -4.95. The number of carboxylic acids is 1. The van der Waals surface area contributed by atoms with Crippen molar-refractivity contribution in [3.8, 4) is 22.4 Å². The number of sulfonamides is 1. The zero-order valence-corrected chi connectivity index (χ0v) is 16.4. The summed E-state index contributed by atoms with van der Waals surface area (Å²) in [7, 11) is -4.02. The van der Waals surface area contributed by atoms with Crippen LogP contribution in [0.15, 0.2) is 53.4 Å². The third-order valence-electron chi connectivity index (χ3n) is 4.09. The number of primary sulfonamides is 1. The largest absolute Gasteiger partial charge is 0.548 e. The van der Waals surface area contributed by atoms with Crippen molar-refractivity contribution in [2.24, 2.45) is 5.14 Å². The second-order valence-electron chi connectivity index (χ2n) is 6.18. The molecule has 0 bridgehead atoms. The van der Waals surface area contributed by atoms with Crippen molar-refractivity contribution in [3.63, 3.8) is 0 Å². The number of alkyl halides is 3. The van der Waals surface area contributed by atoms with Crippen molar-refractivity contribution >= 4 is 27.6 Å². The van der Waals surface area contributed by atoms with Gasteiger partial charge < -0.3 is 9.90 Å². The normalized spacial score (nSPS) is 12.2. The van der Waals surface area contributed by atoms with Crippen LogP contribution in [0.25, 0.3) is 22.4 Å². The third-order valence-corrected chi connectivity index (χ3v) is 5.27. The summed E-state index contributed by atoms with van der Waals surface area (Å²) in [5.74, 6) is -1.76. The quantitative estimate of drug-likeness (QED) is 0.629. The van der Waals surface area contributed by atoms with Gasteiger partial charge in [-0.05, 0) is 29.8 Å². The number of carbonyl (C=O) groups is 1. The fraction of sp³-hybridized carbons (Fsp3) is 0.111. The number of halogens is 4. The molecule has 0 saturated heterocycles. The Labute approximate surface area is 173 Å². The summed E-state index contributed by atoms with van der Waals surface area (Å²) in [5.41, 5.74) is -1.67. The zero-order chi connectivity index (χ0) is 22.3. The van der Waals surface area contributed by atoms with Gasteiger partial charge in [0.25, 0.3) is 0 Å². The lowest BCUT2D eigenvalue weighted by Crippen LogP contribution is -2.30. The van der Waals surface area contributed by atoms with Crippen molar-refractivity contribution in [2.45, 2.75) is 17.6 Å². The molecule has 0 spiro atoms. The van der Waals surface area contributed by atoms with E-state index >= 15 is 0 Å². The average molecular weight is 459 g/mol. The molecule has 1 heterocycles. The highest BCUT2D eigenvalue weighted by Crippen LogP contribution is 2.43. The molecular weight excluding hydrogens is 447 g/mol. The number of hydrogen-bond acceptors (Lipinski definition) is 5. The maximum Gasteiger partial charge on any atom is 0.433 e. The minimum absolute atomic E-state index is 0.0850. The minimum Gasteiger partial charge on any atom is -0.548 e. The number of benzene rings is 2. The topological polar surface area (TPSA) is 118 Å². The van der Waals surface area contributed by atoms with E-state index in [9.17, 15) is 31.5 Å². The number of carbonyl (C=O) groups excluding carboxylic acids is 1. The molecule has 0 aliphatic carbocycles. The van der Waals surface area contributed by atoms with Crippen LogP contribution in [0.1, 0.15) is 5.69 Å². The highest BCUT2D eigenvalue weighted by atomic mass is 35.5. The van der Waals surface area contributed by atoms with Crippen LogP contribution in [-0.2, 0) is 27.5 Å². The van der Waals surface area contributed by atoms with Gasteiger partial charge in [-0.3, -0.25) is 4.68 Å². The Hall–Kier alpha value is -2.89. The SMILES string of the molecule is NS(=O)(=O)c1ccc(-c2nn(CC(=O)[O-])c(C(F)(F)F)c2-c2ccc(Cl)cc2)cc1. The Morgan fingerprint density at radius 1 is 1.07 bits per heavy atom. The first-order valence-corrected chi connectivity index (χ1v) is 10.1. The van der Waals surface area contributed by atoms with Crippen molar-refractivity contribution in [1.82, 2.24) is 9.78 Å². The monoisotopic (exact) mass is 458 g/mol. The van der Waals surface area contributed by atoms with Gasteiger partial charge >= 0.3 is 6.18 Å². The predicted octanol–water partition coefficient (Wildman–Crippen LogP) is 2.29. The van der Waals surface area contributed by atoms with Crippen LogP contribution in [-0.4, -0.2) is 24.2 Å². The van der Waals surface area contributed by atoms with E-state index in [0.717, 1.165) is 12.1 Å². The standard InChI is InChI=1S/C18H13ClF3N3O4S/c19-12-5-1-10(2-6-12)15-16(11-3-7-13(8-4-11)30(23,28)29)24-25(9-14(26)27)17(15)18(20,21)22/h1-8H,9H2,(H,26,27)(H2,23,28,29)/p-1. The Bertz CT molecular complexity index is 1210. The Balaban J connectivity index is 2.32. The van der Waals surface area contributed by atoms with E-state index in [0.29, 0.717) is 4.68 Å². The van der Waals surface area contributed by atoms with E-state index in [4.69, 9.17) is 16.7 Å². The summed E-state index contributed by atoms with van der Waals surface area (Å²) in [6, 6.07) is 10.1. The molecule has 0 unspecified atom stereocenters. The summed E-state index contributed by atoms with van der Waals surface area (Å²) in [6.45, 7) is -1.13. The molecule has 30 heavy (non-hydrogen) atoms. The van der Waals surface area contributed by atoms with Crippen molar-refractivity contribution in [1.29, 1.82) is 0 Å². The van der Waals surface area contributed by atoms with Crippen LogP contribution in [0, 0.1) is 0 Å². The van der Waals surface area contributed by atoms with E-state index in [-0.39, 0.29) is 32.3 Å². The third kappa shape index (κ3) is 4.48. The van der Waals surface area contributed by atoms with Gasteiger partial charge in [-0.2, -0.15) is 18.3 Å². The number of hydrogen-bond donors (Lipinski definition) is 1. The van der Waals surface area contributed by atoms with E-state index in [2.05, 4.69) is 5.10 Å². The zero-order valence-electron chi connectivity index (χ0n) is 14.9. The van der Waals surface area contributed by atoms with Gasteiger partial charge in [0.15, 0.2) is 5.69 Å². The van der Waals surface area contributed by atoms with Gasteiger partial charge in [-0.25, -0.2) is 13.6 Å². The summed E-state index contributed by atoms with van der Waals surface area (Å²) >= 11 is 5.82. The Morgan fingerprint density at radius 3 is 2.07 bits per heavy atom. The second-order valence-corrected chi connectivity index (χ2v) is 8.17. The molecule has 12 heteroatoms. The van der Waals surface area contributed by atoms with Crippen LogP contribution in [0.2, 0.25) is 5.02 Å². The van der Waals surface area contributed by atoms with Gasteiger partial charge in [0.2, 0.25) is 10.0 Å². The summed E-state index contributed by atoms with van der Waals surface area (Å²) in [4.78, 5) is 10.8. The lowest BCUT2D eigenvalue weighted by molar-refractivity contribution is -0.306. The molecule has 0 radical (unpaired) electrons. The molecule has 7 nitrogen and oxygen atoms in total. The second kappa shape index (κ2) is 7.74. The lowest BCUT2D eigenvalue weighted by Gasteiger charge is -2.13. The molecule has 0 atom stereocenters. The Morgan fingerprint density at radius 2 is 1.60 bits per heavy atom. The van der Waals surface area contributed by atoms with Gasteiger partial charge in [0, 0.05) is 16.1 Å². The van der Waals surface area contributed by atoms with E-state index in [1.165, 1.54) is 36.4 Å². The number of carboxylic acid groups (broad SMARTS) is 1. The number of rotatable bonds is 5. The van der Waals surface area contributed by atoms with Crippen LogP contribution >= 0.6 is 11.6 Å². The molecule has 0 aliphatic rings. The molecule has 3 aromatic rings. The number of aromatic nitrogens is 2. The van der Waals surface area contributed by atoms with Gasteiger partial charge in [0.1, 0.15) is 5.69 Å². The summed E-state index contributed by atoms with van der Waals surface area (Å²) < 4.78 is 64.8. The first-order valence-electron chi connectivity index (χ1n) is 8.15. The first kappa shape index (κ1) is 21.8. The van der Waals surface area contributed by atoms with Crippen LogP contribution in [0.3, 0.4) is 0 Å². The highest BCUT2D eigenvalue weighted by molar-refractivity contribution is 7.89. The number of nitrogens with two attached hydrogens (primary N) is 1. The lowest BCUT2D eigenvalue weighted by atomic mass is 9.98. The molecule has 2 N–H and O–H groups in total. The molecule has 2 aromatic carbocycles. The van der Waals surface area contributed by atoms with Gasteiger partial charge in [-0.15, -0.1) is 0 Å². The number of aliphatic carboxylic acids is 1. The molecular formula is C18H12ClF3N3O4S-. The molecule has 158 valence electrons. The van der Waals surface area contributed by atoms with Crippen LogP contribution in [0.4, 0.5) is 13.2 Å². The fourth-order valence-corrected chi connectivity index (χ4v) is 3.52. The van der Waals surface area contributed by atoms with E-state index in [1.807, 2.05) is 0 Å². The predicted molar refractivity (Wildman–Crippen MR) is 99.5 cm³/mol. The highest BCUT2D eigenvalue weighted by Gasteiger charge is 2.40. The van der Waals surface area contributed by atoms with Gasteiger partial charge in [-0.1, -0.05) is 35.9 Å². The van der Waals surface area contributed by atoms with E-state index in [1.54, 1.807) is 0 Å². The maximum absolute atomic E-state index is 13.9. The molecule has 1 aromatic heterocycles. The average Bonchev–Trinajstić information content (AvgIpc) is 3.00.